The van der Waals surface area contributed by atoms with E-state index in [9.17, 15) is 0 Å². The summed E-state index contributed by atoms with van der Waals surface area (Å²) in [5, 5.41) is 9.00. The predicted octanol–water partition coefficient (Wildman–Crippen LogP) is 0.267. The molecule has 7 heavy (non-hydrogen) atoms. The minimum Gasteiger partial charge on any atom is -0.444 e. The zero-order chi connectivity index (χ0) is 5.41. The molecule has 0 bridgehead atoms. The van der Waals surface area contributed by atoms with Gasteiger partial charge in [0.25, 0.3) is 0 Å². The Morgan fingerprint density at radius 3 is 1.71 bits per heavy atom. The Morgan fingerprint density at radius 2 is 1.71 bits per heavy atom. The van der Waals surface area contributed by atoms with Crippen LogP contribution in [0.25, 0.3) is 0 Å². The summed E-state index contributed by atoms with van der Waals surface area (Å²) in [6.07, 6.45) is 0.500. The zero-order valence-electron chi connectivity index (χ0n) is 3.53. The largest absolute Gasteiger partial charge is 0.444 e. The van der Waals surface area contributed by atoms with Crippen LogP contribution in [0.3, 0.4) is 0 Å². The number of carbonyl (C=O) groups is 1. The summed E-state index contributed by atoms with van der Waals surface area (Å²) in [5.74, 6) is 0. The van der Waals surface area contributed by atoms with Crippen molar-refractivity contribution in [3.63, 3.8) is 0 Å². The fourth-order valence-corrected chi connectivity index (χ4v) is 0. The first-order valence-corrected chi connectivity index (χ1v) is 1.01. The average molecular weight is 178 g/mol. The molecular formula is C2H3NO3Y-2. The Morgan fingerprint density at radius 1 is 1.71 bits per heavy atom. The molecule has 0 atom stereocenters. The predicted molar refractivity (Wildman–Crippen MR) is 20.6 cm³/mol. The molecule has 0 aromatic rings. The minimum atomic E-state index is 0. The molecule has 4 nitrogen and oxygen atoms in total. The van der Waals surface area contributed by atoms with Gasteiger partial charge in [0, 0.05) is 32.7 Å². The summed E-state index contributed by atoms with van der Waals surface area (Å²) >= 11 is 0. The second-order valence-corrected chi connectivity index (χ2v) is 0.241. The van der Waals surface area contributed by atoms with Crippen LogP contribution in [0.1, 0.15) is 0 Å². The fourth-order valence-electron chi connectivity index (χ4n) is 0. The number of aldehydes is 1. The van der Waals surface area contributed by atoms with E-state index in [1.165, 1.54) is 0 Å². The summed E-state index contributed by atoms with van der Waals surface area (Å²) in [6.45, 7) is 2.81. The molecule has 0 saturated heterocycles. The van der Waals surface area contributed by atoms with E-state index in [4.69, 9.17) is 14.9 Å². The summed E-state index contributed by atoms with van der Waals surface area (Å²) in [4.78, 5) is 16.7. The van der Waals surface area contributed by atoms with Crippen molar-refractivity contribution in [1.29, 1.82) is 0 Å². The van der Waals surface area contributed by atoms with Crippen LogP contribution in [0.2, 0.25) is 0 Å². The zero-order valence-corrected chi connectivity index (χ0v) is 6.37. The number of hydrogen-bond donors (Lipinski definition) is 0. The fraction of sp³-hybridized carbons (Fsp3) is 0. The van der Waals surface area contributed by atoms with Gasteiger partial charge in [0.15, 0.2) is 0 Å². The summed E-state index contributed by atoms with van der Waals surface area (Å²) in [5.41, 5.74) is 0. The SMILES string of the molecule is O=N[O-].[CH2-]C=O.[Y]. The van der Waals surface area contributed by atoms with Crippen molar-refractivity contribution in [2.24, 2.45) is 5.34 Å². The van der Waals surface area contributed by atoms with Crippen molar-refractivity contribution in [1.82, 2.24) is 0 Å². The van der Waals surface area contributed by atoms with E-state index < -0.39 is 0 Å². The monoisotopic (exact) mass is 178 g/mol. The molecule has 0 heterocycles. The first-order chi connectivity index (χ1) is 2.83. The molecule has 0 N–H and O–H groups in total. The molecule has 0 aromatic carbocycles. The molecule has 1 radical (unpaired) electrons. The summed E-state index contributed by atoms with van der Waals surface area (Å²) in [7, 11) is 0. The van der Waals surface area contributed by atoms with Crippen molar-refractivity contribution >= 4 is 6.29 Å². The molecule has 0 unspecified atom stereocenters. The first kappa shape index (κ1) is 15.7. The van der Waals surface area contributed by atoms with E-state index in [0.29, 0.717) is 6.29 Å². The van der Waals surface area contributed by atoms with E-state index >= 15 is 0 Å². The summed E-state index contributed by atoms with van der Waals surface area (Å²) < 4.78 is 0. The summed E-state index contributed by atoms with van der Waals surface area (Å²) in [6, 6.07) is 0. The van der Waals surface area contributed by atoms with Crippen molar-refractivity contribution in [3.8, 4) is 0 Å². The number of carbonyl (C=O) groups excluding carboxylic acids is 1. The van der Waals surface area contributed by atoms with Crippen LogP contribution in [0.4, 0.5) is 0 Å². The number of nitrogens with zero attached hydrogens (tertiary/aromatic N) is 1. The van der Waals surface area contributed by atoms with Crippen molar-refractivity contribution in [2.75, 3.05) is 0 Å². The Kier molecular flexibility index (Phi) is 82.7. The molecule has 0 aliphatic heterocycles. The number of rotatable bonds is 0. The average Bonchev–Trinajstić information content (AvgIpc) is 1.39. The maximum Gasteiger partial charge on any atom is 0 e. The van der Waals surface area contributed by atoms with Gasteiger partial charge in [-0.2, -0.15) is 0 Å². The van der Waals surface area contributed by atoms with Crippen LogP contribution >= 0.6 is 0 Å². The number of hydrogen-bond acceptors (Lipinski definition) is 4. The quantitative estimate of drug-likeness (QED) is 0.231. The van der Waals surface area contributed by atoms with Crippen LogP contribution in [-0.4, -0.2) is 6.29 Å². The van der Waals surface area contributed by atoms with Crippen LogP contribution in [0.15, 0.2) is 5.34 Å². The van der Waals surface area contributed by atoms with Crippen LogP contribution in [0.5, 0.6) is 0 Å². The van der Waals surface area contributed by atoms with Gasteiger partial charge in [-0.15, -0.1) is 5.34 Å². The van der Waals surface area contributed by atoms with E-state index in [1.54, 1.807) is 0 Å². The van der Waals surface area contributed by atoms with Crippen LogP contribution in [-0.2, 0) is 37.5 Å². The third-order valence-electron chi connectivity index (χ3n) is 0. The molecule has 0 spiro atoms. The van der Waals surface area contributed by atoms with Gasteiger partial charge in [-0.1, -0.05) is 0 Å². The van der Waals surface area contributed by atoms with Gasteiger partial charge in [-0.05, 0) is 6.29 Å². The molecule has 0 fully saturated rings. The molecule has 0 aliphatic rings. The van der Waals surface area contributed by atoms with Gasteiger partial charge in [0.05, 0.1) is 0 Å². The first-order valence-electron chi connectivity index (χ1n) is 1.01. The van der Waals surface area contributed by atoms with E-state index in [1.807, 2.05) is 0 Å². The van der Waals surface area contributed by atoms with Gasteiger partial charge in [0.1, 0.15) is 0 Å². The van der Waals surface area contributed by atoms with Gasteiger partial charge in [-0.3, -0.25) is 0 Å². The van der Waals surface area contributed by atoms with Crippen molar-refractivity contribution in [3.05, 3.63) is 17.0 Å². The molecule has 39 valence electrons. The van der Waals surface area contributed by atoms with Gasteiger partial charge in [0.2, 0.25) is 0 Å². The normalized spacial score (nSPS) is 3.43. The molecule has 0 rings (SSSR count). The second kappa shape index (κ2) is 36.8. The van der Waals surface area contributed by atoms with Gasteiger partial charge >= 0.3 is 0 Å². The molecule has 0 aromatic heterocycles. The Balaban J connectivity index is -0.0000000400. The van der Waals surface area contributed by atoms with E-state index in [2.05, 4.69) is 6.92 Å². The maximum atomic E-state index is 8.69. The minimum absolute atomic E-state index is 0. The van der Waals surface area contributed by atoms with Crippen LogP contribution in [0, 0.1) is 17.0 Å². The Hall–Kier alpha value is 0.0439. The molecule has 0 amide bonds. The van der Waals surface area contributed by atoms with Crippen molar-refractivity contribution < 1.29 is 37.5 Å². The molecule has 5 heteroatoms. The maximum absolute atomic E-state index is 8.69. The smallest absolute Gasteiger partial charge is 0 e. The molecular weight excluding hydrogens is 175 g/mol. The second-order valence-electron chi connectivity index (χ2n) is 0.241. The molecule has 0 aliphatic carbocycles. The van der Waals surface area contributed by atoms with Crippen molar-refractivity contribution in [2.45, 2.75) is 0 Å². The topological polar surface area (TPSA) is 69.6 Å². The van der Waals surface area contributed by atoms with E-state index in [0.717, 1.165) is 5.34 Å². The third-order valence-corrected chi connectivity index (χ3v) is 0. The molecule has 0 saturated carbocycles. The van der Waals surface area contributed by atoms with Gasteiger partial charge < -0.3 is 21.8 Å². The van der Waals surface area contributed by atoms with Gasteiger partial charge in [-0.25, -0.2) is 0 Å². The standard InChI is InChI=1S/C2H3O.HNO2.Y/c1-2-3;2-1-3;/h2H,1H2;(H,2,3);/q-1;;/p-1. The third kappa shape index (κ3) is 51300. The van der Waals surface area contributed by atoms with E-state index in [-0.39, 0.29) is 32.7 Å². The van der Waals surface area contributed by atoms with Crippen LogP contribution < -0.4 is 0 Å². The Bertz CT molecular complexity index is 33.9. The Labute approximate surface area is 66.1 Å².